The number of aromatic nitrogens is 3. The average Bonchev–Trinajstić information content (AvgIpc) is 3.14. The minimum Gasteiger partial charge on any atom is -0.352 e. The van der Waals surface area contributed by atoms with Crippen molar-refractivity contribution in [3.63, 3.8) is 0 Å². The third-order valence-electron chi connectivity index (χ3n) is 4.34. The normalized spacial score (nSPS) is 18.0. The van der Waals surface area contributed by atoms with E-state index in [2.05, 4.69) is 32.2 Å². The van der Waals surface area contributed by atoms with Crippen molar-refractivity contribution in [2.24, 2.45) is 0 Å². The molecule has 1 saturated heterocycles. The van der Waals surface area contributed by atoms with E-state index in [0.29, 0.717) is 19.0 Å². The molecule has 1 aliphatic rings. The van der Waals surface area contributed by atoms with Crippen LogP contribution in [0.5, 0.6) is 0 Å². The highest BCUT2D eigenvalue weighted by atomic mass is 32.1. The van der Waals surface area contributed by atoms with Gasteiger partial charge < -0.3 is 5.32 Å². The van der Waals surface area contributed by atoms with Gasteiger partial charge in [0, 0.05) is 23.7 Å². The third-order valence-corrected chi connectivity index (χ3v) is 5.16. The Bertz CT molecular complexity index is 730. The van der Waals surface area contributed by atoms with Gasteiger partial charge in [0.15, 0.2) is 0 Å². The maximum Gasteiger partial charge on any atom is 0.226 e. The molecule has 2 aromatic heterocycles. The fourth-order valence-corrected chi connectivity index (χ4v) is 3.72. The molecule has 1 aliphatic heterocycles. The Morgan fingerprint density at radius 2 is 2.25 bits per heavy atom. The first kappa shape index (κ1) is 17.0. The summed E-state index contributed by atoms with van der Waals surface area (Å²) in [5.74, 6) is 0.755. The van der Waals surface area contributed by atoms with Crippen molar-refractivity contribution in [2.45, 2.75) is 45.7 Å². The van der Waals surface area contributed by atoms with Crippen molar-refractivity contribution in [3.8, 4) is 0 Å². The zero-order chi connectivity index (χ0) is 17.1. The van der Waals surface area contributed by atoms with Crippen LogP contribution >= 0.6 is 11.3 Å². The first-order valence-electron chi connectivity index (χ1n) is 8.23. The molecule has 0 spiro atoms. The summed E-state index contributed by atoms with van der Waals surface area (Å²) in [5, 5.41) is 5.90. The molecule has 1 fully saturated rings. The zero-order valence-corrected chi connectivity index (χ0v) is 15.2. The van der Waals surface area contributed by atoms with Crippen LogP contribution in [-0.2, 0) is 17.8 Å². The van der Waals surface area contributed by atoms with E-state index in [1.807, 2.05) is 25.4 Å². The Balaban J connectivity index is 1.67. The molecule has 1 N–H and O–H groups in total. The highest BCUT2D eigenvalue weighted by Crippen LogP contribution is 2.30. The summed E-state index contributed by atoms with van der Waals surface area (Å²) < 4.78 is 0. The summed E-state index contributed by atoms with van der Waals surface area (Å²) in [6, 6.07) is 0.319. The van der Waals surface area contributed by atoms with E-state index in [-0.39, 0.29) is 5.91 Å². The van der Waals surface area contributed by atoms with Crippen molar-refractivity contribution < 1.29 is 4.79 Å². The maximum absolute atomic E-state index is 12.2. The van der Waals surface area contributed by atoms with E-state index in [4.69, 9.17) is 0 Å². The molecule has 1 atom stereocenters. The van der Waals surface area contributed by atoms with Crippen molar-refractivity contribution in [1.82, 2.24) is 25.2 Å². The smallest absolute Gasteiger partial charge is 0.226 e. The van der Waals surface area contributed by atoms with Crippen LogP contribution in [0.2, 0.25) is 0 Å². The molecule has 0 unspecified atom stereocenters. The summed E-state index contributed by atoms with van der Waals surface area (Å²) in [7, 11) is 2.13. The lowest BCUT2D eigenvalue weighted by Gasteiger charge is -2.21. The molecule has 0 aliphatic carbocycles. The number of rotatable bonds is 5. The van der Waals surface area contributed by atoms with Crippen molar-refractivity contribution in [3.05, 3.63) is 39.4 Å². The molecular formula is C17H23N5OS. The van der Waals surface area contributed by atoms with E-state index in [1.54, 1.807) is 11.3 Å². The summed E-state index contributed by atoms with van der Waals surface area (Å²) in [6.45, 7) is 5.40. The van der Waals surface area contributed by atoms with Crippen LogP contribution in [0.25, 0.3) is 0 Å². The van der Waals surface area contributed by atoms with Crippen molar-refractivity contribution in [2.75, 3.05) is 13.6 Å². The number of nitrogens with zero attached hydrogens (tertiary/aromatic N) is 4. The molecule has 6 nitrogen and oxygen atoms in total. The molecule has 0 radical (unpaired) electrons. The molecule has 0 aromatic carbocycles. The number of thiazole rings is 1. The van der Waals surface area contributed by atoms with Gasteiger partial charge in [-0.05, 0) is 40.3 Å². The summed E-state index contributed by atoms with van der Waals surface area (Å²) in [5.41, 5.74) is 2.88. The lowest BCUT2D eigenvalue weighted by Crippen LogP contribution is -2.27. The molecule has 2 aromatic rings. The number of nitrogens with one attached hydrogen (secondary N) is 1. The fraction of sp³-hybridized carbons (Fsp3) is 0.529. The van der Waals surface area contributed by atoms with Crippen LogP contribution in [0.1, 0.15) is 46.7 Å². The second kappa shape index (κ2) is 7.36. The number of hydrogen-bond donors (Lipinski definition) is 1. The monoisotopic (exact) mass is 345 g/mol. The highest BCUT2D eigenvalue weighted by molar-refractivity contribution is 7.09. The highest BCUT2D eigenvalue weighted by Gasteiger charge is 2.26. The van der Waals surface area contributed by atoms with E-state index >= 15 is 0 Å². The number of likely N-dealkylation sites (tertiary alicyclic amines) is 1. The Kier molecular flexibility index (Phi) is 5.20. The third kappa shape index (κ3) is 3.96. The lowest BCUT2D eigenvalue weighted by atomic mass is 10.1. The van der Waals surface area contributed by atoms with Gasteiger partial charge in [0.2, 0.25) is 5.91 Å². The zero-order valence-electron chi connectivity index (χ0n) is 14.4. The second-order valence-electron chi connectivity index (χ2n) is 6.28. The van der Waals surface area contributed by atoms with Crippen LogP contribution < -0.4 is 5.32 Å². The van der Waals surface area contributed by atoms with Gasteiger partial charge in [-0.2, -0.15) is 0 Å². The largest absolute Gasteiger partial charge is 0.352 e. The quantitative estimate of drug-likeness (QED) is 0.899. The van der Waals surface area contributed by atoms with E-state index in [9.17, 15) is 4.79 Å². The van der Waals surface area contributed by atoms with Gasteiger partial charge in [-0.1, -0.05) is 0 Å². The Hall–Kier alpha value is -1.86. The van der Waals surface area contributed by atoms with Gasteiger partial charge in [0.1, 0.15) is 5.82 Å². The van der Waals surface area contributed by atoms with Crippen LogP contribution in [0.15, 0.2) is 11.6 Å². The first-order chi connectivity index (χ1) is 11.5. The van der Waals surface area contributed by atoms with Crippen LogP contribution in [0, 0.1) is 13.8 Å². The van der Waals surface area contributed by atoms with Crippen molar-refractivity contribution in [1.29, 1.82) is 0 Å². The van der Waals surface area contributed by atoms with Crippen LogP contribution in [0.4, 0.5) is 0 Å². The van der Waals surface area contributed by atoms with Crippen LogP contribution in [-0.4, -0.2) is 39.4 Å². The van der Waals surface area contributed by atoms with Gasteiger partial charge in [-0.25, -0.2) is 15.0 Å². The molecule has 3 rings (SSSR count). The Morgan fingerprint density at radius 1 is 1.42 bits per heavy atom. The van der Waals surface area contributed by atoms with Gasteiger partial charge >= 0.3 is 0 Å². The summed E-state index contributed by atoms with van der Waals surface area (Å²) in [4.78, 5) is 27.8. The molecule has 1 amide bonds. The average molecular weight is 345 g/mol. The number of carbonyl (C=O) groups excluding carboxylic acids is 1. The predicted molar refractivity (Wildman–Crippen MR) is 93.8 cm³/mol. The fourth-order valence-electron chi connectivity index (χ4n) is 3.10. The molecular weight excluding hydrogens is 322 g/mol. The van der Waals surface area contributed by atoms with Crippen LogP contribution in [0.3, 0.4) is 0 Å². The first-order valence-corrected chi connectivity index (χ1v) is 9.11. The number of amides is 1. The molecule has 3 heterocycles. The summed E-state index contributed by atoms with van der Waals surface area (Å²) >= 11 is 1.57. The SMILES string of the molecule is Cc1ncc(CNC(=O)Cc2csc(C)n2)c([C@@H]2CCCN2C)n1. The number of aryl methyl sites for hydroxylation is 2. The Morgan fingerprint density at radius 3 is 2.92 bits per heavy atom. The minimum atomic E-state index is -0.0217. The maximum atomic E-state index is 12.2. The molecule has 0 bridgehead atoms. The standard InChI is InChI=1S/C17H23N5OS/c1-11-18-8-13(17(20-11)15-5-4-6-22(15)3)9-19-16(23)7-14-10-24-12(2)21-14/h8,10,15H,4-7,9H2,1-3H3,(H,19,23)/t15-/m0/s1. The van der Waals surface area contributed by atoms with E-state index in [1.165, 1.54) is 6.42 Å². The lowest BCUT2D eigenvalue weighted by molar-refractivity contribution is -0.120. The molecule has 128 valence electrons. The predicted octanol–water partition coefficient (Wildman–Crippen LogP) is 2.18. The minimum absolute atomic E-state index is 0.0217. The topological polar surface area (TPSA) is 71.0 Å². The number of carbonyl (C=O) groups is 1. The number of hydrogen-bond acceptors (Lipinski definition) is 6. The molecule has 24 heavy (non-hydrogen) atoms. The van der Waals surface area contributed by atoms with Crippen molar-refractivity contribution >= 4 is 17.2 Å². The van der Waals surface area contributed by atoms with Gasteiger partial charge in [-0.3, -0.25) is 9.69 Å². The Labute approximate surface area is 146 Å². The molecule has 7 heteroatoms. The van der Waals surface area contributed by atoms with E-state index < -0.39 is 0 Å². The van der Waals surface area contributed by atoms with Gasteiger partial charge in [-0.15, -0.1) is 11.3 Å². The second-order valence-corrected chi connectivity index (χ2v) is 7.34. The molecule has 0 saturated carbocycles. The van der Waals surface area contributed by atoms with Gasteiger partial charge in [0.05, 0.1) is 28.9 Å². The summed E-state index contributed by atoms with van der Waals surface area (Å²) in [6.07, 6.45) is 4.44. The van der Waals surface area contributed by atoms with Gasteiger partial charge in [0.25, 0.3) is 0 Å². The van der Waals surface area contributed by atoms with E-state index in [0.717, 1.165) is 40.7 Å².